The van der Waals surface area contributed by atoms with Gasteiger partial charge < -0.3 is 15.0 Å². The van der Waals surface area contributed by atoms with Crippen LogP contribution in [0.1, 0.15) is 34.2 Å². The smallest absolute Gasteiger partial charge is 0.269 e. The van der Waals surface area contributed by atoms with E-state index >= 15 is 0 Å². The summed E-state index contributed by atoms with van der Waals surface area (Å²) in [5.74, 6) is -1.90. The van der Waals surface area contributed by atoms with E-state index in [1.807, 2.05) is 11.0 Å². The minimum absolute atomic E-state index is 0.120. The third-order valence-electron chi connectivity index (χ3n) is 4.47. The Bertz CT molecular complexity index is 775. The minimum atomic E-state index is -0.891. The van der Waals surface area contributed by atoms with Crippen molar-refractivity contribution in [2.24, 2.45) is 0 Å². The van der Waals surface area contributed by atoms with Gasteiger partial charge in [0.05, 0.1) is 6.10 Å². The fourth-order valence-corrected chi connectivity index (χ4v) is 3.24. The Morgan fingerprint density at radius 2 is 2.04 bits per heavy atom. The van der Waals surface area contributed by atoms with Crippen LogP contribution < -0.4 is 0 Å². The summed E-state index contributed by atoms with van der Waals surface area (Å²) in [5.41, 5.74) is 1.95. The molecule has 1 amide bonds. The molecule has 1 aliphatic rings. The van der Waals surface area contributed by atoms with Crippen molar-refractivity contribution in [2.45, 2.75) is 25.1 Å². The average Bonchev–Trinajstić information content (AvgIpc) is 3.16. The molecule has 0 saturated carbocycles. The molecule has 0 unspecified atom stereocenters. The number of β-amino-alcohol motifs (C(OH)–C–C–N with tert-alkyl or cyclic N) is 1. The topological polar surface area (TPSA) is 59.6 Å². The summed E-state index contributed by atoms with van der Waals surface area (Å²) >= 11 is 0. The van der Waals surface area contributed by atoms with Gasteiger partial charge in [0, 0.05) is 38.9 Å². The van der Waals surface area contributed by atoms with Crippen LogP contribution in [0.25, 0.3) is 0 Å². The zero-order valence-electron chi connectivity index (χ0n) is 14.2. The molecule has 1 aliphatic heterocycles. The van der Waals surface area contributed by atoms with E-state index in [4.69, 9.17) is 0 Å². The molecule has 134 valence electrons. The number of amides is 1. The van der Waals surface area contributed by atoms with E-state index in [9.17, 15) is 18.7 Å². The van der Waals surface area contributed by atoms with Crippen LogP contribution in [0.4, 0.5) is 8.78 Å². The van der Waals surface area contributed by atoms with Crippen molar-refractivity contribution in [2.75, 3.05) is 20.6 Å². The zero-order chi connectivity index (χ0) is 18.1. The lowest BCUT2D eigenvalue weighted by Crippen LogP contribution is -2.25. The van der Waals surface area contributed by atoms with Gasteiger partial charge in [-0.05, 0) is 36.2 Å². The second-order valence-electron chi connectivity index (χ2n) is 6.61. The lowest BCUT2D eigenvalue weighted by molar-refractivity contribution is 0.0822. The number of hydrogen-bond donors (Lipinski definition) is 2. The molecule has 0 radical (unpaired) electrons. The van der Waals surface area contributed by atoms with Crippen molar-refractivity contribution in [1.29, 1.82) is 0 Å². The predicted molar refractivity (Wildman–Crippen MR) is 88.9 cm³/mol. The number of hydrogen-bond acceptors (Lipinski definition) is 3. The molecule has 0 bridgehead atoms. The van der Waals surface area contributed by atoms with Crippen molar-refractivity contribution >= 4 is 5.91 Å². The molecule has 1 saturated heterocycles. The normalized spacial score (nSPS) is 20.8. The molecule has 2 atom stereocenters. The predicted octanol–water partition coefficient (Wildman–Crippen LogP) is 2.30. The molecule has 1 aromatic heterocycles. The van der Waals surface area contributed by atoms with E-state index in [0.717, 1.165) is 11.8 Å². The number of carbonyl (C=O) groups excluding carboxylic acids is 1. The van der Waals surface area contributed by atoms with Crippen molar-refractivity contribution < 1.29 is 18.7 Å². The molecular formula is C18H21F2N3O2. The Kier molecular flexibility index (Phi) is 4.87. The summed E-state index contributed by atoms with van der Waals surface area (Å²) in [7, 11) is 3.36. The SMILES string of the molecule is CN(C)C(=O)c1ccc(CN2C[C@@H](O)C[C@H]2c2ccc(F)c(F)c2)[nH]1. The van der Waals surface area contributed by atoms with E-state index in [-0.39, 0.29) is 11.9 Å². The van der Waals surface area contributed by atoms with Gasteiger partial charge in [0.25, 0.3) is 5.91 Å². The van der Waals surface area contributed by atoms with Gasteiger partial charge in [-0.1, -0.05) is 6.07 Å². The number of aliphatic hydroxyl groups is 1. The van der Waals surface area contributed by atoms with Gasteiger partial charge >= 0.3 is 0 Å². The van der Waals surface area contributed by atoms with Crippen LogP contribution in [-0.2, 0) is 6.54 Å². The maximum absolute atomic E-state index is 13.5. The summed E-state index contributed by atoms with van der Waals surface area (Å²) in [4.78, 5) is 18.5. The Hall–Kier alpha value is -2.25. The number of aliphatic hydroxyl groups excluding tert-OH is 1. The molecule has 0 spiro atoms. The van der Waals surface area contributed by atoms with Crippen molar-refractivity contribution in [1.82, 2.24) is 14.8 Å². The fraction of sp³-hybridized carbons (Fsp3) is 0.389. The maximum Gasteiger partial charge on any atom is 0.269 e. The van der Waals surface area contributed by atoms with E-state index in [2.05, 4.69) is 4.98 Å². The first-order valence-corrected chi connectivity index (χ1v) is 8.11. The van der Waals surface area contributed by atoms with Crippen molar-refractivity contribution in [3.8, 4) is 0 Å². The quantitative estimate of drug-likeness (QED) is 0.891. The number of halogens is 2. The highest BCUT2D eigenvalue weighted by Gasteiger charge is 2.32. The molecule has 2 N–H and O–H groups in total. The zero-order valence-corrected chi connectivity index (χ0v) is 14.2. The van der Waals surface area contributed by atoms with Crippen LogP contribution in [0.15, 0.2) is 30.3 Å². The van der Waals surface area contributed by atoms with Gasteiger partial charge in [-0.2, -0.15) is 0 Å². The van der Waals surface area contributed by atoms with Gasteiger partial charge in [0.15, 0.2) is 11.6 Å². The number of aromatic amines is 1. The standard InChI is InChI=1S/C18H21F2N3O2/c1-22(2)18(25)16-6-4-12(21-16)9-23-10-13(24)8-17(23)11-3-5-14(19)15(20)7-11/h3-7,13,17,21,24H,8-10H2,1-2H3/t13-,17-/m0/s1. The van der Waals surface area contributed by atoms with Gasteiger partial charge in [-0.25, -0.2) is 8.78 Å². The fourth-order valence-electron chi connectivity index (χ4n) is 3.24. The molecule has 7 heteroatoms. The van der Waals surface area contributed by atoms with E-state index in [0.29, 0.717) is 30.8 Å². The molecule has 2 heterocycles. The Morgan fingerprint density at radius 3 is 2.72 bits per heavy atom. The van der Waals surface area contributed by atoms with Crippen LogP contribution in [0.3, 0.4) is 0 Å². The molecule has 1 aromatic carbocycles. The molecule has 1 fully saturated rings. The maximum atomic E-state index is 13.5. The van der Waals surface area contributed by atoms with Crippen LogP contribution in [0, 0.1) is 11.6 Å². The second-order valence-corrected chi connectivity index (χ2v) is 6.61. The number of likely N-dealkylation sites (tertiary alicyclic amines) is 1. The first-order valence-electron chi connectivity index (χ1n) is 8.11. The average molecular weight is 349 g/mol. The molecule has 5 nitrogen and oxygen atoms in total. The van der Waals surface area contributed by atoms with Gasteiger partial charge in [0.2, 0.25) is 0 Å². The molecule has 2 aromatic rings. The summed E-state index contributed by atoms with van der Waals surface area (Å²) in [5, 5.41) is 10.0. The molecule has 3 rings (SSSR count). The third-order valence-corrected chi connectivity index (χ3v) is 4.47. The monoisotopic (exact) mass is 349 g/mol. The molecular weight excluding hydrogens is 328 g/mol. The number of carbonyl (C=O) groups is 1. The second kappa shape index (κ2) is 6.93. The largest absolute Gasteiger partial charge is 0.392 e. The van der Waals surface area contributed by atoms with Gasteiger partial charge in [-0.3, -0.25) is 9.69 Å². The Labute approximate surface area is 144 Å². The number of nitrogens with one attached hydrogen (secondary N) is 1. The number of aromatic nitrogens is 1. The molecule has 0 aliphatic carbocycles. The number of H-pyrrole nitrogens is 1. The Morgan fingerprint density at radius 1 is 1.28 bits per heavy atom. The summed E-state index contributed by atoms with van der Waals surface area (Å²) in [6, 6.07) is 7.17. The summed E-state index contributed by atoms with van der Waals surface area (Å²) in [6.45, 7) is 0.904. The summed E-state index contributed by atoms with van der Waals surface area (Å²) in [6.07, 6.45) is -0.0779. The van der Waals surface area contributed by atoms with E-state index in [1.54, 1.807) is 26.2 Å². The number of benzene rings is 1. The van der Waals surface area contributed by atoms with E-state index < -0.39 is 17.7 Å². The van der Waals surface area contributed by atoms with Crippen LogP contribution in [0.2, 0.25) is 0 Å². The minimum Gasteiger partial charge on any atom is -0.392 e. The van der Waals surface area contributed by atoms with Crippen molar-refractivity contribution in [3.05, 3.63) is 58.9 Å². The number of rotatable bonds is 4. The highest BCUT2D eigenvalue weighted by molar-refractivity contribution is 5.92. The van der Waals surface area contributed by atoms with Gasteiger partial charge in [-0.15, -0.1) is 0 Å². The van der Waals surface area contributed by atoms with Crippen LogP contribution in [0.5, 0.6) is 0 Å². The lowest BCUT2D eigenvalue weighted by Gasteiger charge is -2.24. The summed E-state index contributed by atoms with van der Waals surface area (Å²) < 4.78 is 26.7. The molecule has 25 heavy (non-hydrogen) atoms. The number of nitrogens with zero attached hydrogens (tertiary/aromatic N) is 2. The Balaban J connectivity index is 1.78. The van der Waals surface area contributed by atoms with E-state index in [1.165, 1.54) is 11.0 Å². The van der Waals surface area contributed by atoms with Crippen LogP contribution in [-0.4, -0.2) is 52.5 Å². The van der Waals surface area contributed by atoms with Gasteiger partial charge in [0.1, 0.15) is 5.69 Å². The highest BCUT2D eigenvalue weighted by atomic mass is 19.2. The lowest BCUT2D eigenvalue weighted by atomic mass is 10.0. The third kappa shape index (κ3) is 3.72. The highest BCUT2D eigenvalue weighted by Crippen LogP contribution is 2.34. The van der Waals surface area contributed by atoms with Crippen molar-refractivity contribution in [3.63, 3.8) is 0 Å². The van der Waals surface area contributed by atoms with Crippen LogP contribution >= 0.6 is 0 Å². The first-order chi connectivity index (χ1) is 11.8. The first kappa shape index (κ1) is 17.6.